The molecule has 2 aromatic carbocycles. The summed E-state index contributed by atoms with van der Waals surface area (Å²) in [7, 11) is 0. The number of fused-ring (bicyclic) bond motifs is 1. The lowest BCUT2D eigenvalue weighted by molar-refractivity contribution is -0.137. The van der Waals surface area contributed by atoms with Crippen LogP contribution in [0, 0.1) is 6.92 Å². The molecule has 4 N–H and O–H groups in total. The SMILES string of the molecule is Cc1c(Cl)cccc1NC(=O)[C@H]1CC(=O)Nc2nc(Nc3cccc(C(F)(F)F)c3)[nH]c(=O)c21. The van der Waals surface area contributed by atoms with Gasteiger partial charge < -0.3 is 16.0 Å². The van der Waals surface area contributed by atoms with Crippen molar-refractivity contribution in [2.24, 2.45) is 0 Å². The van der Waals surface area contributed by atoms with Crippen molar-refractivity contribution in [2.75, 3.05) is 16.0 Å². The average Bonchev–Trinajstić information content (AvgIpc) is 2.75. The number of nitrogens with zero attached hydrogens (tertiary/aromatic N) is 1. The maximum Gasteiger partial charge on any atom is 0.416 e. The van der Waals surface area contributed by atoms with Crippen LogP contribution < -0.4 is 21.5 Å². The van der Waals surface area contributed by atoms with E-state index in [2.05, 4.69) is 25.9 Å². The number of amides is 2. The summed E-state index contributed by atoms with van der Waals surface area (Å²) in [6.45, 7) is 1.71. The van der Waals surface area contributed by atoms with Gasteiger partial charge in [0.2, 0.25) is 17.8 Å². The maximum absolute atomic E-state index is 13.0. The van der Waals surface area contributed by atoms with Crippen molar-refractivity contribution in [1.29, 1.82) is 0 Å². The molecular weight excluding hydrogens is 475 g/mol. The van der Waals surface area contributed by atoms with Crippen LogP contribution in [0.15, 0.2) is 47.3 Å². The van der Waals surface area contributed by atoms with Crippen molar-refractivity contribution in [3.63, 3.8) is 0 Å². The van der Waals surface area contributed by atoms with Gasteiger partial charge in [-0.25, -0.2) is 0 Å². The standard InChI is InChI=1S/C22H17ClF3N5O3/c1-10-14(23)6-3-7-15(10)28-19(33)13-9-16(32)29-18-17(13)20(34)31-21(30-18)27-12-5-2-4-11(8-12)22(24,25)26/h2-8,13H,9H2,1H3,(H,28,33)(H3,27,29,30,31,32,34)/t13-/m0/s1. The average molecular weight is 492 g/mol. The van der Waals surface area contributed by atoms with Gasteiger partial charge in [0, 0.05) is 22.8 Å². The molecule has 0 spiro atoms. The van der Waals surface area contributed by atoms with Crippen LogP contribution in [0.5, 0.6) is 0 Å². The third-order valence-electron chi connectivity index (χ3n) is 5.25. The van der Waals surface area contributed by atoms with Crippen LogP contribution in [0.1, 0.15) is 29.0 Å². The summed E-state index contributed by atoms with van der Waals surface area (Å²) in [5.41, 5.74) is -0.610. The first-order valence-corrected chi connectivity index (χ1v) is 10.3. The van der Waals surface area contributed by atoms with Crippen LogP contribution in [0.2, 0.25) is 5.02 Å². The van der Waals surface area contributed by atoms with Crippen molar-refractivity contribution in [2.45, 2.75) is 25.4 Å². The summed E-state index contributed by atoms with van der Waals surface area (Å²) < 4.78 is 38.9. The fraction of sp³-hybridized carbons (Fsp3) is 0.182. The third kappa shape index (κ3) is 4.74. The maximum atomic E-state index is 13.0. The number of alkyl halides is 3. The van der Waals surface area contributed by atoms with Gasteiger partial charge in [0.25, 0.3) is 5.56 Å². The predicted molar refractivity (Wildman–Crippen MR) is 120 cm³/mol. The quantitative estimate of drug-likeness (QED) is 0.427. The minimum absolute atomic E-state index is 0.0192. The van der Waals surface area contributed by atoms with E-state index in [1.165, 1.54) is 12.1 Å². The van der Waals surface area contributed by atoms with E-state index in [9.17, 15) is 27.6 Å². The molecular formula is C22H17ClF3N5O3. The Labute approximate surface area is 195 Å². The Morgan fingerprint density at radius 3 is 2.65 bits per heavy atom. The van der Waals surface area contributed by atoms with Gasteiger partial charge in [0.05, 0.1) is 17.0 Å². The van der Waals surface area contributed by atoms with Gasteiger partial charge in [-0.05, 0) is 42.8 Å². The first-order valence-electron chi connectivity index (χ1n) is 9.97. The lowest BCUT2D eigenvalue weighted by Gasteiger charge is -2.24. The largest absolute Gasteiger partial charge is 0.416 e. The lowest BCUT2D eigenvalue weighted by atomic mass is 9.92. The molecule has 12 heteroatoms. The number of nitrogens with one attached hydrogen (secondary N) is 4. The van der Waals surface area contributed by atoms with E-state index < -0.39 is 35.0 Å². The van der Waals surface area contributed by atoms with Gasteiger partial charge in [0.1, 0.15) is 5.82 Å². The second-order valence-electron chi connectivity index (χ2n) is 7.59. The van der Waals surface area contributed by atoms with E-state index in [1.807, 2.05) is 0 Å². The zero-order chi connectivity index (χ0) is 24.6. The molecule has 1 aliphatic heterocycles. The summed E-state index contributed by atoms with van der Waals surface area (Å²) >= 11 is 6.08. The van der Waals surface area contributed by atoms with Crippen molar-refractivity contribution in [3.05, 3.63) is 74.5 Å². The predicted octanol–water partition coefficient (Wildman–Crippen LogP) is 4.56. The number of hydrogen-bond donors (Lipinski definition) is 4. The fourth-order valence-corrected chi connectivity index (χ4v) is 3.70. The topological polar surface area (TPSA) is 116 Å². The number of carbonyl (C=O) groups is 2. The number of aromatic amines is 1. The van der Waals surface area contributed by atoms with Gasteiger partial charge in [-0.15, -0.1) is 0 Å². The highest BCUT2D eigenvalue weighted by molar-refractivity contribution is 6.31. The molecule has 0 bridgehead atoms. The van der Waals surface area contributed by atoms with Gasteiger partial charge >= 0.3 is 6.18 Å². The van der Waals surface area contributed by atoms with Gasteiger partial charge in [-0.3, -0.25) is 19.4 Å². The molecule has 1 aliphatic rings. The van der Waals surface area contributed by atoms with E-state index in [0.29, 0.717) is 16.3 Å². The van der Waals surface area contributed by atoms with E-state index in [-0.39, 0.29) is 29.4 Å². The number of carbonyl (C=O) groups excluding carboxylic acids is 2. The Morgan fingerprint density at radius 1 is 1.18 bits per heavy atom. The number of anilines is 4. The summed E-state index contributed by atoms with van der Waals surface area (Å²) in [6, 6.07) is 9.24. The van der Waals surface area contributed by atoms with Crippen LogP contribution in [0.3, 0.4) is 0 Å². The summed E-state index contributed by atoms with van der Waals surface area (Å²) in [6.07, 6.45) is -4.84. The second-order valence-corrected chi connectivity index (χ2v) is 7.99. The van der Waals surface area contributed by atoms with E-state index in [4.69, 9.17) is 11.6 Å². The molecule has 1 aromatic heterocycles. The smallest absolute Gasteiger partial charge is 0.326 e. The van der Waals surface area contributed by atoms with Gasteiger partial charge in [-0.2, -0.15) is 18.2 Å². The van der Waals surface area contributed by atoms with Crippen LogP contribution in [-0.2, 0) is 15.8 Å². The number of aromatic nitrogens is 2. The Morgan fingerprint density at radius 2 is 1.91 bits per heavy atom. The van der Waals surface area contributed by atoms with E-state index in [0.717, 1.165) is 12.1 Å². The summed E-state index contributed by atoms with van der Waals surface area (Å²) in [4.78, 5) is 44.5. The van der Waals surface area contributed by atoms with Crippen molar-refractivity contribution in [1.82, 2.24) is 9.97 Å². The number of benzene rings is 2. The molecule has 0 saturated heterocycles. The number of rotatable bonds is 4. The minimum Gasteiger partial charge on any atom is -0.326 e. The molecule has 176 valence electrons. The lowest BCUT2D eigenvalue weighted by Crippen LogP contribution is -2.36. The van der Waals surface area contributed by atoms with E-state index >= 15 is 0 Å². The Kier molecular flexibility index (Phi) is 6.05. The normalized spacial score (nSPS) is 15.3. The first kappa shape index (κ1) is 23.3. The molecule has 1 atom stereocenters. The molecule has 0 fully saturated rings. The molecule has 3 aromatic rings. The van der Waals surface area contributed by atoms with Crippen molar-refractivity contribution in [3.8, 4) is 0 Å². The van der Waals surface area contributed by atoms with Crippen LogP contribution >= 0.6 is 11.6 Å². The Bertz CT molecular complexity index is 1360. The highest BCUT2D eigenvalue weighted by atomic mass is 35.5. The van der Waals surface area contributed by atoms with Crippen LogP contribution in [0.25, 0.3) is 0 Å². The third-order valence-corrected chi connectivity index (χ3v) is 5.66. The number of H-pyrrole nitrogens is 1. The Balaban J connectivity index is 1.64. The van der Waals surface area contributed by atoms with Crippen LogP contribution in [-0.4, -0.2) is 21.8 Å². The molecule has 0 aliphatic carbocycles. The molecule has 2 heterocycles. The zero-order valence-electron chi connectivity index (χ0n) is 17.5. The molecule has 0 radical (unpaired) electrons. The first-order chi connectivity index (χ1) is 16.0. The molecule has 4 rings (SSSR count). The molecule has 34 heavy (non-hydrogen) atoms. The summed E-state index contributed by atoms with van der Waals surface area (Å²) in [5.74, 6) is -2.64. The van der Waals surface area contributed by atoms with E-state index in [1.54, 1.807) is 25.1 Å². The minimum atomic E-state index is -4.55. The second kappa shape index (κ2) is 8.82. The fourth-order valence-electron chi connectivity index (χ4n) is 3.53. The van der Waals surface area contributed by atoms with Crippen LogP contribution in [0.4, 0.5) is 36.3 Å². The molecule has 8 nitrogen and oxygen atoms in total. The number of hydrogen-bond acceptors (Lipinski definition) is 5. The molecule has 0 unspecified atom stereocenters. The summed E-state index contributed by atoms with van der Waals surface area (Å²) in [5, 5.41) is 8.14. The van der Waals surface area contributed by atoms with Gasteiger partial charge in [0.15, 0.2) is 0 Å². The highest BCUT2D eigenvalue weighted by Crippen LogP contribution is 2.33. The van der Waals surface area contributed by atoms with Gasteiger partial charge in [-0.1, -0.05) is 23.7 Å². The van der Waals surface area contributed by atoms with Crippen molar-refractivity contribution < 1.29 is 22.8 Å². The Hall–Kier alpha value is -3.86. The number of halogens is 4. The zero-order valence-corrected chi connectivity index (χ0v) is 18.3. The molecule has 0 saturated carbocycles. The molecule has 2 amide bonds. The highest BCUT2D eigenvalue weighted by Gasteiger charge is 2.35. The van der Waals surface area contributed by atoms with Crippen molar-refractivity contribution >= 4 is 46.6 Å². The monoisotopic (exact) mass is 491 g/mol.